The third-order valence-electron chi connectivity index (χ3n) is 3.13. The summed E-state index contributed by atoms with van der Waals surface area (Å²) in [6.45, 7) is 3.36. The molecular weight excluding hydrogens is 214 g/mol. The fourth-order valence-corrected chi connectivity index (χ4v) is 2.25. The number of anilines is 1. The van der Waals surface area contributed by atoms with Gasteiger partial charge in [0.05, 0.1) is 24.6 Å². The number of hydrogen-bond donors (Lipinski definition) is 1. The van der Waals surface area contributed by atoms with Crippen LogP contribution < -0.4 is 5.32 Å². The van der Waals surface area contributed by atoms with Crippen molar-refractivity contribution in [2.45, 2.75) is 20.1 Å². The minimum Gasteiger partial charge on any atom is -0.373 e. The molecule has 0 radical (unpaired) electrons. The van der Waals surface area contributed by atoms with Crippen LogP contribution in [-0.2, 0) is 18.0 Å². The van der Waals surface area contributed by atoms with Gasteiger partial charge in [0.25, 0.3) is 0 Å². The first-order valence-corrected chi connectivity index (χ1v) is 5.73. The van der Waals surface area contributed by atoms with Gasteiger partial charge in [-0.15, -0.1) is 0 Å². The highest BCUT2D eigenvalue weighted by Gasteiger charge is 2.23. The van der Waals surface area contributed by atoms with Crippen molar-refractivity contribution in [3.63, 3.8) is 0 Å². The Morgan fingerprint density at radius 1 is 1.29 bits per heavy atom. The SMILES string of the molecule is CNc1c2c(nn1-c1ccccc1C)COC2. The molecule has 1 aliphatic rings. The minimum atomic E-state index is 0.614. The van der Waals surface area contributed by atoms with Gasteiger partial charge in [-0.2, -0.15) is 5.10 Å². The lowest BCUT2D eigenvalue weighted by Gasteiger charge is -2.10. The molecule has 88 valence electrons. The van der Waals surface area contributed by atoms with E-state index in [-0.39, 0.29) is 0 Å². The molecule has 1 aliphatic heterocycles. The van der Waals surface area contributed by atoms with Crippen molar-refractivity contribution in [2.75, 3.05) is 12.4 Å². The molecule has 1 N–H and O–H groups in total. The Hall–Kier alpha value is -1.81. The van der Waals surface area contributed by atoms with Gasteiger partial charge in [0.1, 0.15) is 5.82 Å². The Balaban J connectivity index is 2.19. The molecule has 0 saturated heterocycles. The Labute approximate surface area is 100 Å². The normalized spacial score (nSPS) is 13.8. The number of fused-ring (bicyclic) bond motifs is 1. The standard InChI is InChI=1S/C13H15N3O/c1-9-5-3-4-6-12(9)16-13(14-2)10-7-17-8-11(10)15-16/h3-6,14H,7-8H2,1-2H3. The van der Waals surface area contributed by atoms with E-state index in [1.165, 1.54) is 11.1 Å². The van der Waals surface area contributed by atoms with Crippen LogP contribution in [0.4, 0.5) is 5.82 Å². The summed E-state index contributed by atoms with van der Waals surface area (Å²) < 4.78 is 7.38. The van der Waals surface area contributed by atoms with Crippen LogP contribution in [0, 0.1) is 6.92 Å². The highest BCUT2D eigenvalue weighted by atomic mass is 16.5. The van der Waals surface area contributed by atoms with E-state index in [2.05, 4.69) is 29.5 Å². The van der Waals surface area contributed by atoms with Gasteiger partial charge < -0.3 is 10.1 Å². The number of ether oxygens (including phenoxy) is 1. The molecule has 1 aromatic carbocycles. The molecule has 0 spiro atoms. The maximum atomic E-state index is 5.40. The molecule has 3 rings (SSSR count). The largest absolute Gasteiger partial charge is 0.373 e. The van der Waals surface area contributed by atoms with Gasteiger partial charge in [0.15, 0.2) is 0 Å². The summed E-state index contributed by atoms with van der Waals surface area (Å²) in [6.07, 6.45) is 0. The number of benzene rings is 1. The fraction of sp³-hybridized carbons (Fsp3) is 0.308. The number of nitrogens with zero attached hydrogens (tertiary/aromatic N) is 2. The lowest BCUT2D eigenvalue weighted by Crippen LogP contribution is -2.06. The first kappa shape index (κ1) is 10.4. The number of rotatable bonds is 2. The van der Waals surface area contributed by atoms with E-state index in [0.717, 1.165) is 17.2 Å². The Morgan fingerprint density at radius 2 is 2.12 bits per heavy atom. The van der Waals surface area contributed by atoms with Gasteiger partial charge in [0, 0.05) is 12.6 Å². The third kappa shape index (κ3) is 1.52. The van der Waals surface area contributed by atoms with Crippen molar-refractivity contribution in [3.05, 3.63) is 41.1 Å². The van der Waals surface area contributed by atoms with Crippen molar-refractivity contribution in [3.8, 4) is 5.69 Å². The molecule has 4 nitrogen and oxygen atoms in total. The maximum absolute atomic E-state index is 5.40. The third-order valence-corrected chi connectivity index (χ3v) is 3.13. The molecule has 1 aromatic heterocycles. The lowest BCUT2D eigenvalue weighted by atomic mass is 10.2. The first-order valence-electron chi connectivity index (χ1n) is 5.73. The summed E-state index contributed by atoms with van der Waals surface area (Å²) in [5.74, 6) is 1.03. The number of aromatic nitrogens is 2. The second-order valence-corrected chi connectivity index (χ2v) is 4.21. The smallest absolute Gasteiger partial charge is 0.135 e. The maximum Gasteiger partial charge on any atom is 0.135 e. The molecule has 4 heteroatoms. The zero-order valence-corrected chi connectivity index (χ0v) is 10.0. The summed E-state index contributed by atoms with van der Waals surface area (Å²) in [7, 11) is 1.92. The van der Waals surface area contributed by atoms with Crippen LogP contribution in [-0.4, -0.2) is 16.8 Å². The Morgan fingerprint density at radius 3 is 2.88 bits per heavy atom. The molecule has 2 heterocycles. The van der Waals surface area contributed by atoms with Gasteiger partial charge in [0.2, 0.25) is 0 Å². The van der Waals surface area contributed by atoms with Gasteiger partial charge in [-0.05, 0) is 18.6 Å². The fourth-order valence-electron chi connectivity index (χ4n) is 2.25. The molecule has 0 amide bonds. The summed E-state index contributed by atoms with van der Waals surface area (Å²) in [5.41, 5.74) is 4.55. The van der Waals surface area contributed by atoms with Crippen molar-refractivity contribution in [2.24, 2.45) is 0 Å². The van der Waals surface area contributed by atoms with Crippen LogP contribution in [0.25, 0.3) is 5.69 Å². The number of para-hydroxylation sites is 1. The van der Waals surface area contributed by atoms with E-state index in [0.29, 0.717) is 13.2 Å². The minimum absolute atomic E-state index is 0.614. The van der Waals surface area contributed by atoms with Gasteiger partial charge in [-0.25, -0.2) is 4.68 Å². The van der Waals surface area contributed by atoms with Crippen LogP contribution >= 0.6 is 0 Å². The highest BCUT2D eigenvalue weighted by molar-refractivity contribution is 5.55. The van der Waals surface area contributed by atoms with Gasteiger partial charge in [-0.1, -0.05) is 18.2 Å². The average molecular weight is 229 g/mol. The molecule has 0 unspecified atom stereocenters. The van der Waals surface area contributed by atoms with Crippen LogP contribution in [0.1, 0.15) is 16.8 Å². The lowest BCUT2D eigenvalue weighted by molar-refractivity contribution is 0.131. The molecule has 0 saturated carbocycles. The topological polar surface area (TPSA) is 39.1 Å². The van der Waals surface area contributed by atoms with Crippen LogP contribution in [0.15, 0.2) is 24.3 Å². The van der Waals surface area contributed by atoms with E-state index < -0.39 is 0 Å². The van der Waals surface area contributed by atoms with Crippen LogP contribution in [0.2, 0.25) is 0 Å². The molecular formula is C13H15N3O. The quantitative estimate of drug-likeness (QED) is 0.858. The zero-order chi connectivity index (χ0) is 11.8. The van der Waals surface area contributed by atoms with E-state index in [9.17, 15) is 0 Å². The molecule has 2 aromatic rings. The predicted octanol–water partition coefficient (Wildman–Crippen LogP) is 2.25. The second kappa shape index (κ2) is 3.89. The van der Waals surface area contributed by atoms with Crippen molar-refractivity contribution in [1.29, 1.82) is 0 Å². The summed E-state index contributed by atoms with van der Waals surface area (Å²) in [5, 5.41) is 7.84. The van der Waals surface area contributed by atoms with Crippen molar-refractivity contribution < 1.29 is 4.74 Å². The first-order chi connectivity index (χ1) is 8.31. The number of nitrogens with one attached hydrogen (secondary N) is 1. The van der Waals surface area contributed by atoms with E-state index in [4.69, 9.17) is 4.74 Å². The van der Waals surface area contributed by atoms with E-state index in [1.807, 2.05) is 23.9 Å². The number of aryl methyl sites for hydroxylation is 1. The van der Waals surface area contributed by atoms with E-state index in [1.54, 1.807) is 0 Å². The zero-order valence-electron chi connectivity index (χ0n) is 10.0. The van der Waals surface area contributed by atoms with Crippen molar-refractivity contribution in [1.82, 2.24) is 9.78 Å². The molecule has 17 heavy (non-hydrogen) atoms. The summed E-state index contributed by atoms with van der Waals surface area (Å²) in [4.78, 5) is 0. The van der Waals surface area contributed by atoms with Gasteiger partial charge in [-0.3, -0.25) is 0 Å². The second-order valence-electron chi connectivity index (χ2n) is 4.21. The molecule has 0 aliphatic carbocycles. The molecule has 0 atom stereocenters. The summed E-state index contributed by atoms with van der Waals surface area (Å²) in [6, 6.07) is 8.25. The van der Waals surface area contributed by atoms with Crippen LogP contribution in [0.3, 0.4) is 0 Å². The highest BCUT2D eigenvalue weighted by Crippen LogP contribution is 2.29. The van der Waals surface area contributed by atoms with Gasteiger partial charge >= 0.3 is 0 Å². The average Bonchev–Trinajstić information content (AvgIpc) is 2.89. The molecule has 0 bridgehead atoms. The Kier molecular flexibility index (Phi) is 2.37. The number of hydrogen-bond acceptors (Lipinski definition) is 3. The van der Waals surface area contributed by atoms with E-state index >= 15 is 0 Å². The molecule has 0 fully saturated rings. The predicted molar refractivity (Wildman–Crippen MR) is 66.3 cm³/mol. The van der Waals surface area contributed by atoms with Crippen LogP contribution in [0.5, 0.6) is 0 Å². The monoisotopic (exact) mass is 229 g/mol. The van der Waals surface area contributed by atoms with Crippen molar-refractivity contribution >= 4 is 5.82 Å². The summed E-state index contributed by atoms with van der Waals surface area (Å²) >= 11 is 0. The Bertz CT molecular complexity index is 560.